The second kappa shape index (κ2) is 5.83. The first-order chi connectivity index (χ1) is 9.75. The topological polar surface area (TPSA) is 33.2 Å². The fourth-order valence-corrected chi connectivity index (χ4v) is 3.44. The van der Waals surface area contributed by atoms with Crippen LogP contribution in [0.5, 0.6) is 0 Å². The second-order valence-electron chi connectivity index (χ2n) is 5.07. The summed E-state index contributed by atoms with van der Waals surface area (Å²) in [4.78, 5) is 19.2. The molecule has 2 heterocycles. The minimum Gasteiger partial charge on any atom is -0.338 e. The van der Waals surface area contributed by atoms with Crippen molar-refractivity contribution in [2.75, 3.05) is 24.6 Å². The Labute approximate surface area is 123 Å². The normalized spacial score (nSPS) is 16.1. The van der Waals surface area contributed by atoms with Crippen LogP contribution in [0.1, 0.15) is 22.5 Å². The van der Waals surface area contributed by atoms with E-state index in [1.807, 2.05) is 53.9 Å². The van der Waals surface area contributed by atoms with Gasteiger partial charge in [0.25, 0.3) is 5.91 Å². The number of aryl methyl sites for hydroxylation is 1. The molecule has 1 aliphatic heterocycles. The first-order valence-electron chi connectivity index (χ1n) is 6.99. The molecular formula is C16H18N2OS. The van der Waals surface area contributed by atoms with Gasteiger partial charge in [0.05, 0.1) is 16.8 Å². The van der Waals surface area contributed by atoms with Gasteiger partial charge in [0, 0.05) is 24.2 Å². The van der Waals surface area contributed by atoms with Crippen LogP contribution >= 0.6 is 11.8 Å². The lowest BCUT2D eigenvalue weighted by atomic mass is 10.1. The molecule has 1 saturated heterocycles. The van der Waals surface area contributed by atoms with Gasteiger partial charge in [-0.15, -0.1) is 0 Å². The van der Waals surface area contributed by atoms with Gasteiger partial charge in [-0.05, 0) is 31.2 Å². The van der Waals surface area contributed by atoms with Crippen molar-refractivity contribution in [1.29, 1.82) is 0 Å². The highest BCUT2D eigenvalue weighted by Gasteiger charge is 2.20. The molecule has 0 bridgehead atoms. The van der Waals surface area contributed by atoms with Crippen LogP contribution in [0, 0.1) is 6.92 Å². The van der Waals surface area contributed by atoms with Crippen molar-refractivity contribution in [2.45, 2.75) is 13.3 Å². The number of para-hydroxylation sites is 1. The van der Waals surface area contributed by atoms with E-state index in [1.54, 1.807) is 0 Å². The molecule has 2 aromatic rings. The quantitative estimate of drug-likeness (QED) is 0.807. The number of amides is 1. The first kappa shape index (κ1) is 13.4. The molecule has 3 rings (SSSR count). The molecule has 0 saturated carbocycles. The Balaban J connectivity index is 1.95. The van der Waals surface area contributed by atoms with Crippen molar-refractivity contribution < 1.29 is 4.79 Å². The summed E-state index contributed by atoms with van der Waals surface area (Å²) in [5, 5.41) is 1.03. The van der Waals surface area contributed by atoms with Gasteiger partial charge in [0.1, 0.15) is 0 Å². The van der Waals surface area contributed by atoms with E-state index in [0.717, 1.165) is 53.2 Å². The fraction of sp³-hybridized carbons (Fsp3) is 0.375. The van der Waals surface area contributed by atoms with Gasteiger partial charge in [-0.2, -0.15) is 11.8 Å². The fourth-order valence-electron chi connectivity index (χ4n) is 2.55. The van der Waals surface area contributed by atoms with E-state index in [0.29, 0.717) is 0 Å². The average molecular weight is 286 g/mol. The molecule has 1 aromatic carbocycles. The van der Waals surface area contributed by atoms with Crippen molar-refractivity contribution in [3.8, 4) is 0 Å². The zero-order chi connectivity index (χ0) is 13.9. The lowest BCUT2D eigenvalue weighted by Crippen LogP contribution is -2.33. The van der Waals surface area contributed by atoms with Crippen LogP contribution in [0.25, 0.3) is 10.9 Å². The second-order valence-corrected chi connectivity index (χ2v) is 6.30. The summed E-state index contributed by atoms with van der Waals surface area (Å²) in [7, 11) is 0. The van der Waals surface area contributed by atoms with Crippen molar-refractivity contribution in [3.63, 3.8) is 0 Å². The SMILES string of the molecule is Cc1nc2ccccc2cc1C(=O)N1CCCSCC1. The average Bonchev–Trinajstić information content (AvgIpc) is 2.75. The van der Waals surface area contributed by atoms with Gasteiger partial charge in [0.15, 0.2) is 0 Å². The Hall–Kier alpha value is -1.55. The molecule has 0 aliphatic carbocycles. The summed E-state index contributed by atoms with van der Waals surface area (Å²) in [5.41, 5.74) is 2.52. The van der Waals surface area contributed by atoms with Crippen molar-refractivity contribution in [1.82, 2.24) is 9.88 Å². The van der Waals surface area contributed by atoms with E-state index in [1.165, 1.54) is 0 Å². The monoisotopic (exact) mass is 286 g/mol. The van der Waals surface area contributed by atoms with E-state index in [-0.39, 0.29) is 5.91 Å². The van der Waals surface area contributed by atoms with Crippen LogP contribution in [0.3, 0.4) is 0 Å². The molecular weight excluding hydrogens is 268 g/mol. The van der Waals surface area contributed by atoms with Gasteiger partial charge in [-0.25, -0.2) is 0 Å². The first-order valence-corrected chi connectivity index (χ1v) is 8.14. The van der Waals surface area contributed by atoms with Crippen molar-refractivity contribution >= 4 is 28.6 Å². The number of fused-ring (bicyclic) bond motifs is 1. The standard InChI is InChI=1S/C16H18N2OS/c1-12-14(11-13-5-2-3-6-15(13)17-12)16(19)18-7-4-9-20-10-8-18/h2-3,5-6,11H,4,7-10H2,1H3. The summed E-state index contributed by atoms with van der Waals surface area (Å²) >= 11 is 1.93. The maximum atomic E-state index is 12.7. The maximum absolute atomic E-state index is 12.7. The Morgan fingerprint density at radius 3 is 3.00 bits per heavy atom. The molecule has 0 atom stereocenters. The molecule has 0 unspecified atom stereocenters. The molecule has 1 fully saturated rings. The summed E-state index contributed by atoms with van der Waals surface area (Å²) in [6, 6.07) is 9.94. The molecule has 1 amide bonds. The van der Waals surface area contributed by atoms with Gasteiger partial charge in [-0.3, -0.25) is 9.78 Å². The molecule has 0 spiro atoms. The van der Waals surface area contributed by atoms with E-state index in [2.05, 4.69) is 4.98 Å². The third-order valence-corrected chi connectivity index (χ3v) is 4.70. The highest BCUT2D eigenvalue weighted by molar-refractivity contribution is 7.99. The van der Waals surface area contributed by atoms with Gasteiger partial charge >= 0.3 is 0 Å². The molecule has 1 aliphatic rings. The number of benzene rings is 1. The number of hydrogen-bond acceptors (Lipinski definition) is 3. The maximum Gasteiger partial charge on any atom is 0.255 e. The van der Waals surface area contributed by atoms with Crippen molar-refractivity contribution in [2.24, 2.45) is 0 Å². The zero-order valence-electron chi connectivity index (χ0n) is 11.6. The van der Waals surface area contributed by atoms with Gasteiger partial charge in [-0.1, -0.05) is 18.2 Å². The predicted octanol–water partition coefficient (Wildman–Crippen LogP) is 3.12. The van der Waals surface area contributed by atoms with Gasteiger partial charge < -0.3 is 4.90 Å². The van der Waals surface area contributed by atoms with Crippen LogP contribution in [-0.4, -0.2) is 40.4 Å². The predicted molar refractivity (Wildman–Crippen MR) is 84.3 cm³/mol. The Morgan fingerprint density at radius 1 is 1.25 bits per heavy atom. The lowest BCUT2D eigenvalue weighted by molar-refractivity contribution is 0.0767. The number of aromatic nitrogens is 1. The third kappa shape index (κ3) is 2.66. The number of carbonyl (C=O) groups excluding carboxylic acids is 1. The van der Waals surface area contributed by atoms with E-state index >= 15 is 0 Å². The van der Waals surface area contributed by atoms with E-state index in [4.69, 9.17) is 0 Å². The number of rotatable bonds is 1. The Kier molecular flexibility index (Phi) is 3.92. The Bertz CT molecular complexity index is 633. The lowest BCUT2D eigenvalue weighted by Gasteiger charge is -2.21. The summed E-state index contributed by atoms with van der Waals surface area (Å²) in [6.07, 6.45) is 1.08. The van der Waals surface area contributed by atoms with E-state index in [9.17, 15) is 4.79 Å². The van der Waals surface area contributed by atoms with Crippen LogP contribution in [-0.2, 0) is 0 Å². The van der Waals surface area contributed by atoms with Crippen molar-refractivity contribution in [3.05, 3.63) is 41.6 Å². The molecule has 0 radical (unpaired) electrons. The molecule has 0 N–H and O–H groups in total. The van der Waals surface area contributed by atoms with Gasteiger partial charge in [0.2, 0.25) is 0 Å². The summed E-state index contributed by atoms with van der Waals surface area (Å²) < 4.78 is 0. The minimum atomic E-state index is 0.128. The number of hydrogen-bond donors (Lipinski definition) is 0. The number of nitrogens with zero attached hydrogens (tertiary/aromatic N) is 2. The zero-order valence-corrected chi connectivity index (χ0v) is 12.4. The number of thioether (sulfide) groups is 1. The molecule has 3 nitrogen and oxygen atoms in total. The smallest absolute Gasteiger partial charge is 0.255 e. The minimum absolute atomic E-state index is 0.128. The molecule has 104 valence electrons. The Morgan fingerprint density at radius 2 is 2.10 bits per heavy atom. The van der Waals surface area contributed by atoms with E-state index < -0.39 is 0 Å². The summed E-state index contributed by atoms with van der Waals surface area (Å²) in [5.74, 6) is 2.31. The third-order valence-electron chi connectivity index (χ3n) is 3.65. The molecule has 20 heavy (non-hydrogen) atoms. The molecule has 4 heteroatoms. The van der Waals surface area contributed by atoms with Crippen LogP contribution in [0.4, 0.5) is 0 Å². The number of carbonyl (C=O) groups is 1. The van der Waals surface area contributed by atoms with Crippen LogP contribution < -0.4 is 0 Å². The van der Waals surface area contributed by atoms with Crippen LogP contribution in [0.2, 0.25) is 0 Å². The largest absolute Gasteiger partial charge is 0.338 e. The highest BCUT2D eigenvalue weighted by Crippen LogP contribution is 2.19. The molecule has 1 aromatic heterocycles. The number of pyridine rings is 1. The summed E-state index contributed by atoms with van der Waals surface area (Å²) in [6.45, 7) is 3.63. The highest BCUT2D eigenvalue weighted by atomic mass is 32.2. The van der Waals surface area contributed by atoms with Crippen LogP contribution in [0.15, 0.2) is 30.3 Å².